The molecule has 3 aromatic rings. The average molecular weight is 343 g/mol. The van der Waals surface area contributed by atoms with Crippen LogP contribution in [-0.4, -0.2) is 20.6 Å². The van der Waals surface area contributed by atoms with Crippen LogP contribution in [0.25, 0.3) is 17.5 Å². The largest absolute Gasteiger partial charge is 0.335 e. The normalized spacial score (nSPS) is 11.2. The molecule has 0 saturated carbocycles. The van der Waals surface area contributed by atoms with Crippen LogP contribution in [0.1, 0.15) is 5.56 Å². The lowest BCUT2D eigenvalue weighted by Gasteiger charge is -2.03. The molecule has 0 fully saturated rings. The highest BCUT2D eigenvalue weighted by Gasteiger charge is 2.11. The minimum atomic E-state index is 0.599. The maximum atomic E-state index is 6.08. The zero-order valence-electron chi connectivity index (χ0n) is 12.3. The molecular formula is C17H15ClN4S. The number of nitrogens with zero attached hydrogens (tertiary/aromatic N) is 3. The second kappa shape index (κ2) is 7.35. The van der Waals surface area contributed by atoms with E-state index < -0.39 is 0 Å². The van der Waals surface area contributed by atoms with Crippen molar-refractivity contribution in [1.29, 1.82) is 0 Å². The molecule has 2 N–H and O–H groups in total. The Kier molecular flexibility index (Phi) is 5.00. The van der Waals surface area contributed by atoms with Crippen LogP contribution in [0, 0.1) is 0 Å². The van der Waals surface area contributed by atoms with Crippen molar-refractivity contribution >= 4 is 29.4 Å². The van der Waals surface area contributed by atoms with Crippen LogP contribution in [0.3, 0.4) is 0 Å². The van der Waals surface area contributed by atoms with Gasteiger partial charge in [-0.1, -0.05) is 78.0 Å². The highest BCUT2D eigenvalue weighted by atomic mass is 35.5. The molecule has 0 unspecified atom stereocenters. The van der Waals surface area contributed by atoms with Crippen LogP contribution < -0.4 is 5.84 Å². The van der Waals surface area contributed by atoms with E-state index in [0.29, 0.717) is 16.0 Å². The van der Waals surface area contributed by atoms with Crippen molar-refractivity contribution in [3.63, 3.8) is 0 Å². The molecule has 0 saturated heterocycles. The van der Waals surface area contributed by atoms with E-state index in [1.54, 1.807) is 0 Å². The van der Waals surface area contributed by atoms with Crippen molar-refractivity contribution in [2.75, 3.05) is 11.6 Å². The van der Waals surface area contributed by atoms with Gasteiger partial charge in [-0.25, -0.2) is 4.68 Å². The van der Waals surface area contributed by atoms with Crippen LogP contribution in [0.15, 0.2) is 65.8 Å². The minimum absolute atomic E-state index is 0.599. The van der Waals surface area contributed by atoms with Crippen LogP contribution in [0.5, 0.6) is 0 Å². The monoisotopic (exact) mass is 342 g/mol. The number of benzene rings is 2. The fourth-order valence-electron chi connectivity index (χ4n) is 2.07. The Labute approximate surface area is 144 Å². The minimum Gasteiger partial charge on any atom is -0.335 e. The Morgan fingerprint density at radius 1 is 1.09 bits per heavy atom. The van der Waals surface area contributed by atoms with Gasteiger partial charge in [0.05, 0.1) is 0 Å². The summed E-state index contributed by atoms with van der Waals surface area (Å²) in [4.78, 5) is 0. The lowest BCUT2D eigenvalue weighted by Crippen LogP contribution is -2.11. The Hall–Kier alpha value is -2.24. The molecule has 0 atom stereocenters. The lowest BCUT2D eigenvalue weighted by molar-refractivity contribution is 0.851. The standard InChI is InChI=1S/C17H15ClN4S/c18-15-10-4-9-14(12-15)16-20-21-17(22(16)19)23-11-5-8-13-6-2-1-3-7-13/h1-10,12H,11,19H2. The number of hydrogen-bond donors (Lipinski definition) is 1. The molecule has 0 spiro atoms. The molecule has 2 aromatic carbocycles. The molecule has 1 aromatic heterocycles. The Bertz CT molecular complexity index is 814. The summed E-state index contributed by atoms with van der Waals surface area (Å²) in [5, 5.41) is 9.60. The van der Waals surface area contributed by atoms with E-state index in [-0.39, 0.29) is 0 Å². The van der Waals surface area contributed by atoms with Crippen molar-refractivity contribution in [3.05, 3.63) is 71.3 Å². The molecule has 0 bridgehead atoms. The van der Waals surface area contributed by atoms with E-state index in [9.17, 15) is 0 Å². The zero-order valence-corrected chi connectivity index (χ0v) is 13.8. The van der Waals surface area contributed by atoms with Gasteiger partial charge in [0.2, 0.25) is 5.16 Å². The lowest BCUT2D eigenvalue weighted by atomic mass is 10.2. The van der Waals surface area contributed by atoms with Gasteiger partial charge in [0.15, 0.2) is 5.82 Å². The first-order valence-electron chi connectivity index (χ1n) is 7.05. The van der Waals surface area contributed by atoms with Crippen molar-refractivity contribution in [2.24, 2.45) is 0 Å². The zero-order chi connectivity index (χ0) is 16.1. The number of halogens is 1. The van der Waals surface area contributed by atoms with Gasteiger partial charge in [-0.3, -0.25) is 0 Å². The average Bonchev–Trinajstić information content (AvgIpc) is 2.93. The Morgan fingerprint density at radius 2 is 1.91 bits per heavy atom. The molecule has 0 amide bonds. The van der Waals surface area contributed by atoms with Crippen LogP contribution in [0.2, 0.25) is 5.02 Å². The number of nitrogens with two attached hydrogens (primary N) is 1. The first-order chi connectivity index (χ1) is 11.2. The molecule has 116 valence electrons. The Balaban J connectivity index is 1.67. The highest BCUT2D eigenvalue weighted by Crippen LogP contribution is 2.23. The molecule has 0 aliphatic carbocycles. The fourth-order valence-corrected chi connectivity index (χ4v) is 2.93. The van der Waals surface area contributed by atoms with Crippen LogP contribution >= 0.6 is 23.4 Å². The van der Waals surface area contributed by atoms with Gasteiger partial charge in [-0.2, -0.15) is 0 Å². The first kappa shape index (κ1) is 15.6. The van der Waals surface area contributed by atoms with E-state index in [4.69, 9.17) is 17.4 Å². The molecular weight excluding hydrogens is 328 g/mol. The highest BCUT2D eigenvalue weighted by molar-refractivity contribution is 7.99. The molecule has 0 aliphatic rings. The molecule has 3 rings (SSSR count). The smallest absolute Gasteiger partial charge is 0.210 e. The van der Waals surface area contributed by atoms with Gasteiger partial charge in [-0.15, -0.1) is 10.2 Å². The van der Waals surface area contributed by atoms with Gasteiger partial charge >= 0.3 is 0 Å². The van der Waals surface area contributed by atoms with Crippen LogP contribution in [0.4, 0.5) is 0 Å². The topological polar surface area (TPSA) is 56.7 Å². The Morgan fingerprint density at radius 3 is 2.70 bits per heavy atom. The first-order valence-corrected chi connectivity index (χ1v) is 8.41. The third-order valence-electron chi connectivity index (χ3n) is 3.17. The molecule has 23 heavy (non-hydrogen) atoms. The molecule has 0 aliphatic heterocycles. The summed E-state index contributed by atoms with van der Waals surface area (Å²) in [5.74, 6) is 7.45. The van der Waals surface area contributed by atoms with E-state index in [0.717, 1.165) is 11.3 Å². The summed E-state index contributed by atoms with van der Waals surface area (Å²) >= 11 is 7.53. The number of aromatic nitrogens is 3. The van der Waals surface area contributed by atoms with Crippen molar-refractivity contribution in [1.82, 2.24) is 14.9 Å². The maximum absolute atomic E-state index is 6.08. The second-order valence-electron chi connectivity index (χ2n) is 4.81. The van der Waals surface area contributed by atoms with Gasteiger partial charge in [-0.05, 0) is 17.7 Å². The van der Waals surface area contributed by atoms with E-state index in [2.05, 4.69) is 34.5 Å². The number of thioether (sulfide) groups is 1. The van der Waals surface area contributed by atoms with Crippen molar-refractivity contribution < 1.29 is 0 Å². The van der Waals surface area contributed by atoms with Gasteiger partial charge in [0.1, 0.15) is 0 Å². The summed E-state index contributed by atoms with van der Waals surface area (Å²) in [5.41, 5.74) is 2.01. The number of hydrogen-bond acceptors (Lipinski definition) is 4. The summed E-state index contributed by atoms with van der Waals surface area (Å²) < 4.78 is 1.49. The molecule has 6 heteroatoms. The van der Waals surface area contributed by atoms with Gasteiger partial charge in [0, 0.05) is 16.3 Å². The summed E-state index contributed by atoms with van der Waals surface area (Å²) in [6.07, 6.45) is 4.15. The second-order valence-corrected chi connectivity index (χ2v) is 6.23. The number of nitrogen functional groups attached to an aromatic ring is 1. The predicted molar refractivity (Wildman–Crippen MR) is 96.8 cm³/mol. The SMILES string of the molecule is Nn1c(SCC=Cc2ccccc2)nnc1-c1cccc(Cl)c1. The molecule has 0 radical (unpaired) electrons. The summed E-state index contributed by atoms with van der Waals surface area (Å²) in [6, 6.07) is 17.5. The molecule has 4 nitrogen and oxygen atoms in total. The van der Waals surface area contributed by atoms with Gasteiger partial charge in [0.25, 0.3) is 0 Å². The van der Waals surface area contributed by atoms with E-state index in [1.807, 2.05) is 42.5 Å². The maximum Gasteiger partial charge on any atom is 0.210 e. The third-order valence-corrected chi connectivity index (χ3v) is 4.30. The van der Waals surface area contributed by atoms with E-state index in [1.165, 1.54) is 22.0 Å². The van der Waals surface area contributed by atoms with Crippen molar-refractivity contribution in [3.8, 4) is 11.4 Å². The number of rotatable bonds is 5. The van der Waals surface area contributed by atoms with Crippen molar-refractivity contribution in [2.45, 2.75) is 5.16 Å². The summed E-state index contributed by atoms with van der Waals surface area (Å²) in [7, 11) is 0. The van der Waals surface area contributed by atoms with E-state index >= 15 is 0 Å². The quantitative estimate of drug-likeness (QED) is 0.559. The fraction of sp³-hybridized carbons (Fsp3) is 0.0588. The van der Waals surface area contributed by atoms with Gasteiger partial charge < -0.3 is 5.84 Å². The third kappa shape index (κ3) is 3.94. The molecule has 1 heterocycles. The summed E-state index contributed by atoms with van der Waals surface area (Å²) in [6.45, 7) is 0. The van der Waals surface area contributed by atoms with Crippen LogP contribution in [-0.2, 0) is 0 Å². The predicted octanol–water partition coefficient (Wildman–Crippen LogP) is 4.12.